The summed E-state index contributed by atoms with van der Waals surface area (Å²) in [7, 11) is 0. The first-order valence-electron chi connectivity index (χ1n) is 8.42. The van der Waals surface area contributed by atoms with Gasteiger partial charge in [0, 0.05) is 16.8 Å². The average Bonchev–Trinajstić information content (AvgIpc) is 2.67. The first-order valence-corrected chi connectivity index (χ1v) is 9.79. The van der Waals surface area contributed by atoms with Gasteiger partial charge in [0.25, 0.3) is 11.6 Å². The number of nitro benzene ring substituents is 1. The number of fused-ring (bicyclic) bond motifs is 2. The van der Waals surface area contributed by atoms with E-state index >= 15 is 0 Å². The minimum Gasteiger partial charge on any atom is -0.298 e. The van der Waals surface area contributed by atoms with Crippen molar-refractivity contribution in [3.05, 3.63) is 73.7 Å². The minimum absolute atomic E-state index is 0.0382. The standard InChI is InChI=1S/C18H14ClN5O3S/c1-2-28-18-21-17(25)15-11-5-3-4-6-13(11)20-16(23(15)22-18)10-7-8-12(19)14(9-10)24(26)27/h3-9,16H,2H2,1H3,(H,21,22,25)/t16-/m0/s1. The lowest BCUT2D eigenvalue weighted by Gasteiger charge is -2.34. The van der Waals surface area contributed by atoms with Crippen molar-refractivity contribution in [3.63, 3.8) is 0 Å². The highest BCUT2D eigenvalue weighted by Crippen LogP contribution is 2.34. The third kappa shape index (κ3) is 3.12. The molecule has 28 heavy (non-hydrogen) atoms. The molecule has 2 aliphatic rings. The fraction of sp³-hybridized carbons (Fsp3) is 0.167. The van der Waals surface area contributed by atoms with Crippen LogP contribution in [0.2, 0.25) is 5.02 Å². The molecule has 1 amide bonds. The molecule has 2 aromatic carbocycles. The quantitative estimate of drug-likeness (QED) is 0.611. The molecule has 0 spiro atoms. The number of amidine groups is 1. The molecule has 0 bridgehead atoms. The van der Waals surface area contributed by atoms with Crippen LogP contribution in [0.15, 0.2) is 52.6 Å². The fourth-order valence-electron chi connectivity index (χ4n) is 3.08. The smallest absolute Gasteiger partial charge is 0.288 e. The van der Waals surface area contributed by atoms with E-state index in [1.165, 1.54) is 28.9 Å². The van der Waals surface area contributed by atoms with Crippen LogP contribution in [0.4, 0.5) is 5.69 Å². The van der Waals surface area contributed by atoms with E-state index in [9.17, 15) is 14.9 Å². The Morgan fingerprint density at radius 2 is 2.11 bits per heavy atom. The van der Waals surface area contributed by atoms with Crippen LogP contribution in [0.1, 0.15) is 18.7 Å². The lowest BCUT2D eigenvalue weighted by Crippen LogP contribution is -2.50. The lowest BCUT2D eigenvalue weighted by molar-refractivity contribution is -0.384. The number of para-hydroxylation sites is 1. The van der Waals surface area contributed by atoms with Gasteiger partial charge in [-0.15, -0.1) is 5.10 Å². The van der Waals surface area contributed by atoms with E-state index < -0.39 is 11.1 Å². The first kappa shape index (κ1) is 18.5. The van der Waals surface area contributed by atoms with E-state index in [1.807, 2.05) is 19.1 Å². The number of thioether (sulfide) groups is 1. The Morgan fingerprint density at radius 1 is 1.32 bits per heavy atom. The van der Waals surface area contributed by atoms with E-state index in [0.717, 1.165) is 5.75 Å². The third-order valence-electron chi connectivity index (χ3n) is 4.26. The molecule has 0 fully saturated rings. The summed E-state index contributed by atoms with van der Waals surface area (Å²) in [4.78, 5) is 28.3. The Labute approximate surface area is 168 Å². The average molecular weight is 416 g/mol. The summed E-state index contributed by atoms with van der Waals surface area (Å²) in [6.07, 6.45) is -0.723. The number of hydrogen-bond donors (Lipinski definition) is 1. The van der Waals surface area contributed by atoms with Gasteiger partial charge < -0.3 is 0 Å². The zero-order chi connectivity index (χ0) is 19.8. The lowest BCUT2D eigenvalue weighted by atomic mass is 10.1. The van der Waals surface area contributed by atoms with Crippen LogP contribution in [0.3, 0.4) is 0 Å². The van der Waals surface area contributed by atoms with Crippen molar-refractivity contribution in [2.24, 2.45) is 10.1 Å². The van der Waals surface area contributed by atoms with Crippen molar-refractivity contribution in [1.29, 1.82) is 0 Å². The van der Waals surface area contributed by atoms with E-state index in [0.29, 0.717) is 27.0 Å². The maximum absolute atomic E-state index is 12.8. The summed E-state index contributed by atoms with van der Waals surface area (Å²) in [5.74, 6) is 0.439. The number of halogens is 1. The summed E-state index contributed by atoms with van der Waals surface area (Å²) < 4.78 is 0. The number of hydrogen-bond acceptors (Lipinski definition) is 7. The summed E-state index contributed by atoms with van der Waals surface area (Å²) >= 11 is 7.34. The molecule has 1 N–H and O–H groups in total. The number of nitro groups is 1. The molecule has 1 atom stereocenters. The minimum atomic E-state index is -0.723. The first-order chi connectivity index (χ1) is 13.5. The summed E-state index contributed by atoms with van der Waals surface area (Å²) in [6.45, 7) is 1.95. The van der Waals surface area contributed by atoms with Gasteiger partial charge in [-0.2, -0.15) is 0 Å². The van der Waals surface area contributed by atoms with Gasteiger partial charge >= 0.3 is 0 Å². The van der Waals surface area contributed by atoms with Crippen molar-refractivity contribution in [1.82, 2.24) is 10.3 Å². The van der Waals surface area contributed by atoms with Crippen LogP contribution in [0.25, 0.3) is 5.70 Å². The van der Waals surface area contributed by atoms with Gasteiger partial charge in [-0.3, -0.25) is 25.2 Å². The Balaban J connectivity index is 1.94. The van der Waals surface area contributed by atoms with Crippen LogP contribution in [0.5, 0.6) is 0 Å². The number of nitrogens with one attached hydrogen (secondary N) is 1. The highest BCUT2D eigenvalue weighted by atomic mass is 35.5. The Morgan fingerprint density at radius 3 is 2.86 bits per heavy atom. The summed E-state index contributed by atoms with van der Waals surface area (Å²) in [6, 6.07) is 11.7. The Hall–Kier alpha value is -2.91. The highest BCUT2D eigenvalue weighted by Gasteiger charge is 2.35. The van der Waals surface area contributed by atoms with Crippen LogP contribution in [-0.2, 0) is 4.79 Å². The molecule has 0 saturated carbocycles. The second kappa shape index (κ2) is 7.25. The largest absolute Gasteiger partial charge is 0.298 e. The number of carbonyl (C=O) groups is 1. The van der Waals surface area contributed by atoms with Crippen molar-refractivity contribution in [2.75, 3.05) is 5.75 Å². The van der Waals surface area contributed by atoms with Gasteiger partial charge in [-0.1, -0.05) is 54.6 Å². The summed E-state index contributed by atoms with van der Waals surface area (Å²) in [5.41, 5.74) is 0.652. The van der Waals surface area contributed by atoms with E-state index in [2.05, 4.69) is 10.4 Å². The molecule has 0 aliphatic carbocycles. The molecule has 8 nitrogen and oxygen atoms in total. The fourth-order valence-corrected chi connectivity index (χ4v) is 3.85. The van der Waals surface area contributed by atoms with Gasteiger partial charge in [0.05, 0.1) is 10.3 Å². The Bertz CT molecular complexity index is 1150. The molecule has 4 rings (SSSR count). The number of carbonyl (C=O) groups excluding carboxylic acids is 1. The zero-order valence-corrected chi connectivity index (χ0v) is 16.2. The summed E-state index contributed by atoms with van der Waals surface area (Å²) in [5, 5.41) is 21.9. The maximum Gasteiger partial charge on any atom is 0.288 e. The molecular weight excluding hydrogens is 402 g/mol. The van der Waals surface area contributed by atoms with Crippen molar-refractivity contribution in [2.45, 2.75) is 13.1 Å². The van der Waals surface area contributed by atoms with Gasteiger partial charge in [0.15, 0.2) is 11.3 Å². The van der Waals surface area contributed by atoms with Gasteiger partial charge in [-0.25, -0.2) is 5.01 Å². The number of nitrogens with zero attached hydrogens (tertiary/aromatic N) is 4. The SMILES string of the molecule is CCSC1=NN2C(=c3ccccc3=N[C@@H]2c2ccc(Cl)c([N+](=O)[O-])c2)C(=O)N1. The molecule has 0 aromatic heterocycles. The van der Waals surface area contributed by atoms with Crippen LogP contribution in [0, 0.1) is 10.1 Å². The molecule has 0 saturated heterocycles. The number of rotatable bonds is 3. The predicted molar refractivity (Wildman–Crippen MR) is 107 cm³/mol. The van der Waals surface area contributed by atoms with E-state index in [1.54, 1.807) is 18.2 Å². The molecule has 10 heteroatoms. The molecule has 142 valence electrons. The van der Waals surface area contributed by atoms with Crippen LogP contribution < -0.4 is 15.9 Å². The molecule has 2 aliphatic heterocycles. The van der Waals surface area contributed by atoms with Crippen molar-refractivity contribution >= 4 is 45.8 Å². The molecular formula is C18H14ClN5O3S. The number of benzene rings is 2. The monoisotopic (exact) mass is 415 g/mol. The topological polar surface area (TPSA) is 100 Å². The van der Waals surface area contributed by atoms with Gasteiger partial charge in [-0.05, 0) is 17.9 Å². The van der Waals surface area contributed by atoms with Gasteiger partial charge in [0.1, 0.15) is 10.7 Å². The zero-order valence-electron chi connectivity index (χ0n) is 14.6. The third-order valence-corrected chi connectivity index (χ3v) is 5.33. The van der Waals surface area contributed by atoms with E-state index in [4.69, 9.17) is 16.6 Å². The number of amides is 1. The van der Waals surface area contributed by atoms with Crippen molar-refractivity contribution in [3.8, 4) is 0 Å². The maximum atomic E-state index is 12.8. The highest BCUT2D eigenvalue weighted by molar-refractivity contribution is 8.13. The van der Waals surface area contributed by atoms with Crippen LogP contribution >= 0.6 is 23.4 Å². The predicted octanol–water partition coefficient (Wildman–Crippen LogP) is 2.14. The number of hydrazone groups is 1. The second-order valence-electron chi connectivity index (χ2n) is 5.97. The molecule has 2 aromatic rings. The van der Waals surface area contributed by atoms with Crippen molar-refractivity contribution < 1.29 is 9.72 Å². The van der Waals surface area contributed by atoms with E-state index in [-0.39, 0.29) is 16.6 Å². The van der Waals surface area contributed by atoms with Crippen LogP contribution in [-0.4, -0.2) is 26.8 Å². The van der Waals surface area contributed by atoms with Gasteiger partial charge in [0.2, 0.25) is 0 Å². The second-order valence-corrected chi connectivity index (χ2v) is 7.63. The Kier molecular flexibility index (Phi) is 4.78. The molecule has 0 radical (unpaired) electrons. The molecule has 0 unspecified atom stereocenters. The molecule has 2 heterocycles. The normalized spacial score (nSPS) is 17.9.